The summed E-state index contributed by atoms with van der Waals surface area (Å²) in [5.74, 6) is -1.13. The second kappa shape index (κ2) is 17.8. The van der Waals surface area contributed by atoms with Crippen LogP contribution >= 0.6 is 18.7 Å². The average Bonchev–Trinajstić information content (AvgIpc) is 3.52. The van der Waals surface area contributed by atoms with E-state index in [1.807, 2.05) is 47.4 Å². The molecule has 324 valence electrons. The van der Waals surface area contributed by atoms with Crippen LogP contribution in [0.5, 0.6) is 5.75 Å². The summed E-state index contributed by atoms with van der Waals surface area (Å²) in [6.07, 6.45) is 3.53. The van der Waals surface area contributed by atoms with Crippen LogP contribution in [0.4, 0.5) is 34.5 Å². The third kappa shape index (κ3) is 8.83. The highest BCUT2D eigenvalue weighted by Crippen LogP contribution is 2.39. The molecule has 5 heterocycles. The SMILES string of the molecule is COc1cc(N2CCC(N3CCN(C(=O)CNc4cccc5c4C(=O)N(C4CCC(=O)NC4=O)C5=O)CC3)CC2)ccc1Nc1ncc(Cl)c(Nc2ccccc2P(C)(C)=O)n1. The van der Waals surface area contributed by atoms with Gasteiger partial charge in [-0.05, 0) is 69.0 Å². The Labute approximate surface area is 363 Å². The van der Waals surface area contributed by atoms with Gasteiger partial charge in [0, 0.05) is 74.5 Å². The normalized spacial score (nSPS) is 18.7. The number of aromatic nitrogens is 2. The Morgan fingerprint density at radius 1 is 0.887 bits per heavy atom. The number of carbonyl (C=O) groups is 5. The Hall–Kier alpha value is -6.03. The van der Waals surface area contributed by atoms with E-state index in [0.717, 1.165) is 49.6 Å². The zero-order valence-electron chi connectivity index (χ0n) is 34.6. The number of para-hydroxylation sites is 1. The van der Waals surface area contributed by atoms with Gasteiger partial charge in [0.05, 0.1) is 42.4 Å². The van der Waals surface area contributed by atoms with Gasteiger partial charge in [0.15, 0.2) is 5.82 Å². The van der Waals surface area contributed by atoms with Gasteiger partial charge in [0.1, 0.15) is 24.0 Å². The summed E-state index contributed by atoms with van der Waals surface area (Å²) in [6, 6.07) is 17.5. The minimum absolute atomic E-state index is 0.0339. The van der Waals surface area contributed by atoms with Crippen molar-refractivity contribution >= 4 is 88.1 Å². The van der Waals surface area contributed by atoms with Crippen LogP contribution in [0, 0.1) is 0 Å². The number of fused-ring (bicyclic) bond motifs is 1. The van der Waals surface area contributed by atoms with Crippen molar-refractivity contribution < 1.29 is 33.3 Å². The van der Waals surface area contributed by atoms with E-state index in [1.165, 1.54) is 12.3 Å². The van der Waals surface area contributed by atoms with Crippen LogP contribution in [-0.2, 0) is 18.9 Å². The lowest BCUT2D eigenvalue weighted by Gasteiger charge is -2.43. The lowest BCUT2D eigenvalue weighted by atomic mass is 10.0. The molecule has 4 aromatic rings. The molecule has 1 aromatic heterocycles. The Kier molecular flexibility index (Phi) is 12.2. The number of halogens is 1. The number of nitrogens with zero attached hydrogens (tertiary/aromatic N) is 6. The summed E-state index contributed by atoms with van der Waals surface area (Å²) in [5, 5.41) is 12.8. The highest BCUT2D eigenvalue weighted by atomic mass is 35.5. The van der Waals surface area contributed by atoms with Crippen molar-refractivity contribution in [3.05, 3.63) is 83.0 Å². The molecule has 17 nitrogen and oxygen atoms in total. The Morgan fingerprint density at radius 3 is 2.35 bits per heavy atom. The van der Waals surface area contributed by atoms with Crippen molar-refractivity contribution in [1.82, 2.24) is 30.0 Å². The van der Waals surface area contributed by atoms with Crippen LogP contribution in [0.1, 0.15) is 46.4 Å². The van der Waals surface area contributed by atoms with Crippen molar-refractivity contribution in [2.45, 2.75) is 37.8 Å². The number of ether oxygens (including phenoxy) is 1. The van der Waals surface area contributed by atoms with Crippen LogP contribution in [0.3, 0.4) is 0 Å². The van der Waals surface area contributed by atoms with E-state index in [0.29, 0.717) is 64.0 Å². The maximum Gasteiger partial charge on any atom is 0.264 e. The van der Waals surface area contributed by atoms with Gasteiger partial charge in [-0.3, -0.25) is 39.1 Å². The van der Waals surface area contributed by atoms with Crippen molar-refractivity contribution in [2.75, 3.05) is 87.1 Å². The van der Waals surface area contributed by atoms with E-state index in [9.17, 15) is 28.5 Å². The van der Waals surface area contributed by atoms with Crippen molar-refractivity contribution in [1.29, 1.82) is 0 Å². The highest BCUT2D eigenvalue weighted by molar-refractivity contribution is 7.70. The molecule has 8 rings (SSSR count). The standard InChI is InChI=1S/C43H48ClN10O7P/c1-61-34-23-27(11-12-30(34)48-43-46-24-29(44)39(50-43)47-31-8-4-5-10-35(31)62(2,3)60)51-17-15-26(16-18-51)52-19-21-53(22-20-52)37(56)25-45-32-9-6-7-28-38(32)42(59)54(41(28)58)33-13-14-36(55)49-40(33)57/h4-12,23-24,26,33,45H,13-22,25H2,1-3H3,(H,49,55,57)(H2,46,47,48,50). The van der Waals surface area contributed by atoms with E-state index in [2.05, 4.69) is 41.0 Å². The fraction of sp³-hybridized carbons (Fsp3) is 0.372. The number of nitrogens with one attached hydrogen (secondary N) is 4. The van der Waals surface area contributed by atoms with E-state index >= 15 is 0 Å². The third-order valence-electron chi connectivity index (χ3n) is 11.8. The maximum absolute atomic E-state index is 13.5. The first-order chi connectivity index (χ1) is 29.8. The minimum Gasteiger partial charge on any atom is -0.494 e. The van der Waals surface area contributed by atoms with Crippen LogP contribution < -0.4 is 36.2 Å². The quantitative estimate of drug-likeness (QED) is 0.115. The molecular formula is C43H48ClN10O7P. The first-order valence-corrected chi connectivity index (χ1v) is 23.5. The molecule has 3 saturated heterocycles. The zero-order valence-corrected chi connectivity index (χ0v) is 36.3. The summed E-state index contributed by atoms with van der Waals surface area (Å²) in [5.41, 5.74) is 3.01. The number of anilines is 6. The summed E-state index contributed by atoms with van der Waals surface area (Å²) in [6.45, 7) is 7.71. The number of methoxy groups -OCH3 is 1. The van der Waals surface area contributed by atoms with E-state index < -0.39 is 36.8 Å². The van der Waals surface area contributed by atoms with Gasteiger partial charge in [-0.25, -0.2) is 4.98 Å². The third-order valence-corrected chi connectivity index (χ3v) is 13.7. The smallest absolute Gasteiger partial charge is 0.264 e. The fourth-order valence-electron chi connectivity index (χ4n) is 8.56. The fourth-order valence-corrected chi connectivity index (χ4v) is 9.86. The van der Waals surface area contributed by atoms with Crippen molar-refractivity contribution in [3.63, 3.8) is 0 Å². The van der Waals surface area contributed by atoms with Crippen molar-refractivity contribution in [2.24, 2.45) is 0 Å². The maximum atomic E-state index is 13.5. The van der Waals surface area contributed by atoms with Crippen molar-refractivity contribution in [3.8, 4) is 5.75 Å². The van der Waals surface area contributed by atoms with Gasteiger partial charge >= 0.3 is 0 Å². The average molecular weight is 883 g/mol. The van der Waals surface area contributed by atoms with Crippen LogP contribution in [0.25, 0.3) is 0 Å². The number of benzene rings is 3. The van der Waals surface area contributed by atoms with Gasteiger partial charge in [0.2, 0.25) is 23.7 Å². The lowest BCUT2D eigenvalue weighted by Crippen LogP contribution is -2.55. The molecule has 3 aromatic carbocycles. The Morgan fingerprint density at radius 2 is 1.63 bits per heavy atom. The first kappa shape index (κ1) is 42.7. The molecule has 4 aliphatic rings. The van der Waals surface area contributed by atoms with E-state index in [1.54, 1.807) is 32.6 Å². The number of carbonyl (C=O) groups excluding carboxylic acids is 5. The molecule has 0 aliphatic carbocycles. The van der Waals surface area contributed by atoms with Crippen LogP contribution in [-0.4, -0.2) is 133 Å². The molecule has 62 heavy (non-hydrogen) atoms. The van der Waals surface area contributed by atoms with Gasteiger partial charge < -0.3 is 35.1 Å². The number of piperazine rings is 1. The second-order valence-electron chi connectivity index (χ2n) is 16.1. The van der Waals surface area contributed by atoms with E-state index in [-0.39, 0.29) is 36.4 Å². The molecule has 0 bridgehead atoms. The topological polar surface area (TPSA) is 199 Å². The summed E-state index contributed by atoms with van der Waals surface area (Å²) < 4.78 is 18.7. The second-order valence-corrected chi connectivity index (χ2v) is 19.6. The molecule has 5 amide bonds. The van der Waals surface area contributed by atoms with Gasteiger partial charge in [0.25, 0.3) is 11.8 Å². The first-order valence-electron chi connectivity index (χ1n) is 20.5. The number of rotatable bonds is 12. The number of imide groups is 2. The number of hydrogen-bond acceptors (Lipinski definition) is 14. The zero-order chi connectivity index (χ0) is 43.7. The monoisotopic (exact) mass is 882 g/mol. The van der Waals surface area contributed by atoms with E-state index in [4.69, 9.17) is 16.3 Å². The van der Waals surface area contributed by atoms with Gasteiger partial charge in [-0.15, -0.1) is 0 Å². The molecule has 1 unspecified atom stereocenters. The van der Waals surface area contributed by atoms with Crippen LogP contribution in [0.2, 0.25) is 5.02 Å². The molecule has 0 radical (unpaired) electrons. The Balaban J connectivity index is 0.820. The summed E-state index contributed by atoms with van der Waals surface area (Å²) in [4.78, 5) is 80.7. The van der Waals surface area contributed by atoms with Gasteiger partial charge in [-0.2, -0.15) is 4.98 Å². The molecule has 4 aliphatic heterocycles. The molecule has 1 atom stereocenters. The number of amides is 5. The number of hydrogen-bond donors (Lipinski definition) is 4. The molecule has 4 N–H and O–H groups in total. The lowest BCUT2D eigenvalue weighted by molar-refractivity contribution is -0.136. The predicted octanol–water partition coefficient (Wildman–Crippen LogP) is 4.50. The van der Waals surface area contributed by atoms with Gasteiger partial charge in [-0.1, -0.05) is 29.8 Å². The minimum atomic E-state index is -2.57. The Bertz CT molecular complexity index is 2480. The number of piperidine rings is 2. The molecule has 3 fully saturated rings. The van der Waals surface area contributed by atoms with Crippen LogP contribution in [0.15, 0.2) is 66.9 Å². The summed E-state index contributed by atoms with van der Waals surface area (Å²) in [7, 11) is -0.952. The largest absolute Gasteiger partial charge is 0.494 e. The molecule has 19 heteroatoms. The molecule has 0 spiro atoms. The predicted molar refractivity (Wildman–Crippen MR) is 237 cm³/mol. The molecular weight excluding hydrogens is 835 g/mol. The highest BCUT2D eigenvalue weighted by Gasteiger charge is 2.45. The molecule has 0 saturated carbocycles. The summed E-state index contributed by atoms with van der Waals surface area (Å²) >= 11 is 6.47.